The SMILES string of the molecule is NC1CCCC(C(=O)NCc2ccnc(-n3ccnc3)c2)C1. The van der Waals surface area contributed by atoms with Crippen LogP contribution in [0.15, 0.2) is 37.1 Å². The van der Waals surface area contributed by atoms with Gasteiger partial charge in [-0.05, 0) is 37.0 Å². The lowest BCUT2D eigenvalue weighted by molar-refractivity contribution is -0.126. The molecule has 1 aliphatic rings. The van der Waals surface area contributed by atoms with Crippen molar-refractivity contribution in [2.45, 2.75) is 38.3 Å². The molecule has 0 saturated heterocycles. The maximum Gasteiger partial charge on any atom is 0.223 e. The van der Waals surface area contributed by atoms with Gasteiger partial charge in [0.2, 0.25) is 5.91 Å². The summed E-state index contributed by atoms with van der Waals surface area (Å²) in [6, 6.07) is 4.03. The molecule has 0 bridgehead atoms. The van der Waals surface area contributed by atoms with Gasteiger partial charge in [-0.25, -0.2) is 9.97 Å². The van der Waals surface area contributed by atoms with Crippen molar-refractivity contribution < 1.29 is 4.79 Å². The first-order valence-corrected chi connectivity index (χ1v) is 7.69. The minimum absolute atomic E-state index is 0.0544. The Hall–Kier alpha value is -2.21. The number of nitrogens with zero attached hydrogens (tertiary/aromatic N) is 3. The minimum Gasteiger partial charge on any atom is -0.352 e. The first kappa shape index (κ1) is 14.7. The molecule has 2 heterocycles. The number of hydrogen-bond acceptors (Lipinski definition) is 4. The number of carbonyl (C=O) groups is 1. The number of aromatic nitrogens is 3. The van der Waals surface area contributed by atoms with Crippen LogP contribution in [0.25, 0.3) is 5.82 Å². The standard InChI is InChI=1S/C16H21N5O/c17-14-3-1-2-13(9-14)16(22)20-10-12-4-5-19-15(8-12)21-7-6-18-11-21/h4-8,11,13-14H,1-3,9-10,17H2,(H,20,22). The van der Waals surface area contributed by atoms with Crippen LogP contribution in [0, 0.1) is 5.92 Å². The summed E-state index contributed by atoms with van der Waals surface area (Å²) in [5.41, 5.74) is 6.97. The van der Waals surface area contributed by atoms with Gasteiger partial charge in [-0.3, -0.25) is 9.36 Å². The number of rotatable bonds is 4. The molecule has 22 heavy (non-hydrogen) atoms. The third-order valence-corrected chi connectivity index (χ3v) is 4.13. The minimum atomic E-state index is 0.0544. The molecule has 1 fully saturated rings. The molecule has 2 atom stereocenters. The zero-order valence-corrected chi connectivity index (χ0v) is 12.5. The van der Waals surface area contributed by atoms with Gasteiger partial charge < -0.3 is 11.1 Å². The molecule has 6 nitrogen and oxygen atoms in total. The van der Waals surface area contributed by atoms with Crippen molar-refractivity contribution in [2.24, 2.45) is 11.7 Å². The fraction of sp³-hybridized carbons (Fsp3) is 0.438. The van der Waals surface area contributed by atoms with E-state index in [9.17, 15) is 4.79 Å². The monoisotopic (exact) mass is 299 g/mol. The highest BCUT2D eigenvalue weighted by Gasteiger charge is 2.24. The predicted octanol–water partition coefficient (Wildman–Crippen LogP) is 1.40. The number of nitrogens with two attached hydrogens (primary N) is 1. The van der Waals surface area contributed by atoms with E-state index in [-0.39, 0.29) is 17.9 Å². The van der Waals surface area contributed by atoms with E-state index in [1.807, 2.05) is 22.9 Å². The van der Waals surface area contributed by atoms with E-state index in [1.165, 1.54) is 0 Å². The lowest BCUT2D eigenvalue weighted by Crippen LogP contribution is -2.37. The Balaban J connectivity index is 1.59. The Bertz CT molecular complexity index is 625. The second kappa shape index (κ2) is 6.70. The average molecular weight is 299 g/mol. The molecular weight excluding hydrogens is 278 g/mol. The van der Waals surface area contributed by atoms with E-state index in [1.54, 1.807) is 18.7 Å². The molecule has 0 spiro atoms. The molecule has 116 valence electrons. The molecule has 1 amide bonds. The Morgan fingerprint density at radius 2 is 2.32 bits per heavy atom. The van der Waals surface area contributed by atoms with Crippen LogP contribution >= 0.6 is 0 Å². The Kier molecular flexibility index (Phi) is 4.48. The highest BCUT2D eigenvalue weighted by molar-refractivity contribution is 5.78. The lowest BCUT2D eigenvalue weighted by Gasteiger charge is -2.25. The number of imidazole rings is 1. The van der Waals surface area contributed by atoms with E-state index in [0.29, 0.717) is 6.54 Å². The Morgan fingerprint density at radius 1 is 1.41 bits per heavy atom. The smallest absolute Gasteiger partial charge is 0.223 e. The van der Waals surface area contributed by atoms with Crippen molar-refractivity contribution in [1.82, 2.24) is 19.9 Å². The van der Waals surface area contributed by atoms with Gasteiger partial charge in [-0.1, -0.05) is 6.42 Å². The summed E-state index contributed by atoms with van der Waals surface area (Å²) in [7, 11) is 0. The largest absolute Gasteiger partial charge is 0.352 e. The summed E-state index contributed by atoms with van der Waals surface area (Å²) < 4.78 is 1.84. The van der Waals surface area contributed by atoms with E-state index >= 15 is 0 Å². The average Bonchev–Trinajstić information content (AvgIpc) is 3.07. The number of pyridine rings is 1. The molecule has 1 aliphatic carbocycles. The molecule has 2 aromatic heterocycles. The summed E-state index contributed by atoms with van der Waals surface area (Å²) >= 11 is 0. The van der Waals surface area contributed by atoms with Gasteiger partial charge in [0, 0.05) is 37.1 Å². The summed E-state index contributed by atoms with van der Waals surface area (Å²) in [6.07, 6.45) is 10.8. The summed E-state index contributed by atoms with van der Waals surface area (Å²) in [5, 5.41) is 3.01. The summed E-state index contributed by atoms with van der Waals surface area (Å²) in [4.78, 5) is 20.5. The summed E-state index contributed by atoms with van der Waals surface area (Å²) in [5.74, 6) is 0.957. The van der Waals surface area contributed by atoms with Gasteiger partial charge in [0.15, 0.2) is 0 Å². The van der Waals surface area contributed by atoms with Crippen LogP contribution < -0.4 is 11.1 Å². The molecule has 2 aromatic rings. The van der Waals surface area contributed by atoms with Crippen molar-refractivity contribution in [2.75, 3.05) is 0 Å². The predicted molar refractivity (Wildman–Crippen MR) is 83.1 cm³/mol. The third-order valence-electron chi connectivity index (χ3n) is 4.13. The third kappa shape index (κ3) is 3.51. The number of carbonyl (C=O) groups excluding carboxylic acids is 1. The van der Waals surface area contributed by atoms with Crippen molar-refractivity contribution in [3.05, 3.63) is 42.6 Å². The maximum absolute atomic E-state index is 12.2. The zero-order chi connectivity index (χ0) is 15.4. The van der Waals surface area contributed by atoms with E-state index in [0.717, 1.165) is 37.1 Å². The molecule has 3 N–H and O–H groups in total. The first-order valence-electron chi connectivity index (χ1n) is 7.69. The van der Waals surface area contributed by atoms with Crippen molar-refractivity contribution in [1.29, 1.82) is 0 Å². The van der Waals surface area contributed by atoms with Crippen LogP contribution in [-0.2, 0) is 11.3 Å². The molecule has 3 rings (SSSR count). The molecule has 6 heteroatoms. The van der Waals surface area contributed by atoms with Crippen LogP contribution in [0.1, 0.15) is 31.2 Å². The van der Waals surface area contributed by atoms with Crippen molar-refractivity contribution >= 4 is 5.91 Å². The number of amides is 1. The van der Waals surface area contributed by atoms with Gasteiger partial charge in [-0.2, -0.15) is 0 Å². The maximum atomic E-state index is 12.2. The molecule has 0 aromatic carbocycles. The Labute approximate surface area is 129 Å². The van der Waals surface area contributed by atoms with E-state index < -0.39 is 0 Å². The van der Waals surface area contributed by atoms with Gasteiger partial charge in [0.25, 0.3) is 0 Å². The lowest BCUT2D eigenvalue weighted by atomic mass is 9.85. The fourth-order valence-corrected chi connectivity index (χ4v) is 2.91. The highest BCUT2D eigenvalue weighted by atomic mass is 16.1. The van der Waals surface area contributed by atoms with Gasteiger partial charge in [-0.15, -0.1) is 0 Å². The van der Waals surface area contributed by atoms with Gasteiger partial charge in [0.05, 0.1) is 0 Å². The molecule has 2 unspecified atom stereocenters. The molecular formula is C16H21N5O. The normalized spacial score (nSPS) is 21.5. The second-order valence-electron chi connectivity index (χ2n) is 5.83. The van der Waals surface area contributed by atoms with E-state index in [2.05, 4.69) is 15.3 Å². The van der Waals surface area contributed by atoms with Crippen LogP contribution in [0.4, 0.5) is 0 Å². The number of nitrogens with one attached hydrogen (secondary N) is 1. The van der Waals surface area contributed by atoms with Crippen molar-refractivity contribution in [3.63, 3.8) is 0 Å². The summed E-state index contributed by atoms with van der Waals surface area (Å²) in [6.45, 7) is 0.509. The molecule has 0 radical (unpaired) electrons. The van der Waals surface area contributed by atoms with Crippen LogP contribution in [0.3, 0.4) is 0 Å². The van der Waals surface area contributed by atoms with Gasteiger partial charge in [0.1, 0.15) is 12.1 Å². The fourth-order valence-electron chi connectivity index (χ4n) is 2.91. The van der Waals surface area contributed by atoms with Crippen molar-refractivity contribution in [3.8, 4) is 5.82 Å². The number of hydrogen-bond donors (Lipinski definition) is 2. The first-order chi connectivity index (χ1) is 10.7. The zero-order valence-electron chi connectivity index (χ0n) is 12.5. The topological polar surface area (TPSA) is 85.8 Å². The van der Waals surface area contributed by atoms with Crippen LogP contribution in [0.5, 0.6) is 0 Å². The van der Waals surface area contributed by atoms with Gasteiger partial charge >= 0.3 is 0 Å². The quantitative estimate of drug-likeness (QED) is 0.893. The Morgan fingerprint density at radius 3 is 3.09 bits per heavy atom. The second-order valence-corrected chi connectivity index (χ2v) is 5.83. The molecule has 1 saturated carbocycles. The van der Waals surface area contributed by atoms with Crippen LogP contribution in [-0.4, -0.2) is 26.5 Å². The molecule has 0 aliphatic heterocycles. The van der Waals surface area contributed by atoms with E-state index in [4.69, 9.17) is 5.73 Å². The van der Waals surface area contributed by atoms with Crippen LogP contribution in [0.2, 0.25) is 0 Å². The highest BCUT2D eigenvalue weighted by Crippen LogP contribution is 2.23.